The summed E-state index contributed by atoms with van der Waals surface area (Å²) in [5, 5.41) is 6.03. The third-order valence-corrected chi connectivity index (χ3v) is 4.47. The number of rotatable bonds is 7. The van der Waals surface area contributed by atoms with Gasteiger partial charge in [0.2, 0.25) is 0 Å². The second-order valence-electron chi connectivity index (χ2n) is 7.83. The van der Waals surface area contributed by atoms with Crippen molar-refractivity contribution in [3.05, 3.63) is 29.8 Å². The monoisotopic (exact) mass is 348 g/mol. The zero-order valence-corrected chi connectivity index (χ0v) is 15.9. The van der Waals surface area contributed by atoms with E-state index in [1.165, 1.54) is 5.56 Å². The molecule has 0 unspecified atom stereocenters. The van der Waals surface area contributed by atoms with Gasteiger partial charge in [-0.05, 0) is 36.5 Å². The quantitative estimate of drug-likeness (QED) is 0.793. The van der Waals surface area contributed by atoms with Crippen LogP contribution in [0.3, 0.4) is 0 Å². The fraction of sp³-hybridized carbons (Fsp3) is 0.650. The average molecular weight is 348 g/mol. The number of urea groups is 1. The summed E-state index contributed by atoms with van der Waals surface area (Å²) in [5.41, 5.74) is 1.03. The maximum atomic E-state index is 12.1. The Kier molecular flexibility index (Phi) is 7.12. The Balaban J connectivity index is 1.82. The van der Waals surface area contributed by atoms with E-state index in [1.807, 2.05) is 12.1 Å². The zero-order valence-electron chi connectivity index (χ0n) is 15.9. The van der Waals surface area contributed by atoms with Crippen molar-refractivity contribution < 1.29 is 14.3 Å². The Morgan fingerprint density at radius 2 is 1.88 bits per heavy atom. The van der Waals surface area contributed by atoms with Crippen LogP contribution in [0.1, 0.15) is 46.1 Å². The van der Waals surface area contributed by atoms with Gasteiger partial charge in [-0.25, -0.2) is 4.79 Å². The molecule has 1 aromatic carbocycles. The normalized spacial score (nSPS) is 15.9. The fourth-order valence-corrected chi connectivity index (χ4v) is 2.75. The van der Waals surface area contributed by atoms with Crippen molar-refractivity contribution in [3.63, 3.8) is 0 Å². The highest BCUT2D eigenvalue weighted by atomic mass is 16.5. The number of amides is 2. The molecule has 0 aromatic heterocycles. The lowest BCUT2D eigenvalue weighted by Crippen LogP contribution is -2.47. The van der Waals surface area contributed by atoms with E-state index in [-0.39, 0.29) is 17.5 Å². The summed E-state index contributed by atoms with van der Waals surface area (Å²) in [5.74, 6) is 1.40. The molecule has 0 radical (unpaired) electrons. The first-order chi connectivity index (χ1) is 11.9. The molecule has 1 aromatic rings. The minimum Gasteiger partial charge on any atom is -0.493 e. The first-order valence-corrected chi connectivity index (χ1v) is 9.22. The molecule has 0 aliphatic carbocycles. The van der Waals surface area contributed by atoms with E-state index in [4.69, 9.17) is 9.47 Å². The standard InChI is InChI=1S/C20H32N2O3/c1-15(2)13-25-18-7-5-16(6-8-18)20(3,4)14-21-19(23)22-17-9-11-24-12-10-17/h5-8,15,17H,9-14H2,1-4H3,(H2,21,22,23). The van der Waals surface area contributed by atoms with Crippen LogP contribution in [-0.2, 0) is 10.2 Å². The number of ether oxygens (including phenoxy) is 2. The van der Waals surface area contributed by atoms with E-state index >= 15 is 0 Å². The molecule has 0 atom stereocenters. The van der Waals surface area contributed by atoms with Gasteiger partial charge in [-0.2, -0.15) is 0 Å². The van der Waals surface area contributed by atoms with Crippen molar-refractivity contribution >= 4 is 6.03 Å². The Hall–Kier alpha value is -1.75. The number of carbonyl (C=O) groups excluding carboxylic acids is 1. The van der Waals surface area contributed by atoms with Gasteiger partial charge in [-0.1, -0.05) is 39.8 Å². The van der Waals surface area contributed by atoms with Crippen LogP contribution in [0.2, 0.25) is 0 Å². The Labute approximate surface area is 151 Å². The van der Waals surface area contributed by atoms with Crippen molar-refractivity contribution in [1.29, 1.82) is 0 Å². The summed E-state index contributed by atoms with van der Waals surface area (Å²) in [6, 6.07) is 8.27. The SMILES string of the molecule is CC(C)COc1ccc(C(C)(C)CNC(=O)NC2CCOCC2)cc1. The van der Waals surface area contributed by atoms with E-state index in [0.29, 0.717) is 12.5 Å². The van der Waals surface area contributed by atoms with E-state index in [9.17, 15) is 4.79 Å². The molecule has 1 heterocycles. The number of nitrogens with one attached hydrogen (secondary N) is 2. The Bertz CT molecular complexity index is 534. The molecular weight excluding hydrogens is 316 g/mol. The van der Waals surface area contributed by atoms with Gasteiger partial charge < -0.3 is 20.1 Å². The molecule has 2 N–H and O–H groups in total. The van der Waals surface area contributed by atoms with Gasteiger partial charge in [0.15, 0.2) is 0 Å². The van der Waals surface area contributed by atoms with E-state index in [0.717, 1.165) is 38.4 Å². The lowest BCUT2D eigenvalue weighted by Gasteiger charge is -2.28. The lowest BCUT2D eigenvalue weighted by molar-refractivity contribution is 0.0800. The minimum absolute atomic E-state index is 0.100. The third-order valence-electron chi connectivity index (χ3n) is 4.47. The summed E-state index contributed by atoms with van der Waals surface area (Å²) >= 11 is 0. The molecule has 2 amide bonds. The highest BCUT2D eigenvalue weighted by Gasteiger charge is 2.22. The summed E-state index contributed by atoms with van der Waals surface area (Å²) < 4.78 is 11.0. The summed E-state index contributed by atoms with van der Waals surface area (Å²) in [7, 11) is 0. The van der Waals surface area contributed by atoms with Crippen molar-refractivity contribution in [3.8, 4) is 5.75 Å². The first kappa shape index (κ1) is 19.6. The molecule has 1 aliphatic rings. The first-order valence-electron chi connectivity index (χ1n) is 9.22. The highest BCUT2D eigenvalue weighted by molar-refractivity contribution is 5.74. The van der Waals surface area contributed by atoms with Crippen LogP contribution in [0, 0.1) is 5.92 Å². The Morgan fingerprint density at radius 3 is 2.48 bits per heavy atom. The predicted octanol–water partition coefficient (Wildman–Crippen LogP) is 3.48. The van der Waals surface area contributed by atoms with Gasteiger partial charge in [0.1, 0.15) is 5.75 Å². The van der Waals surface area contributed by atoms with Crippen LogP contribution in [0.4, 0.5) is 4.79 Å². The van der Waals surface area contributed by atoms with Gasteiger partial charge >= 0.3 is 6.03 Å². The van der Waals surface area contributed by atoms with Crippen LogP contribution in [-0.4, -0.2) is 38.4 Å². The fourth-order valence-electron chi connectivity index (χ4n) is 2.75. The number of benzene rings is 1. The number of carbonyl (C=O) groups is 1. The molecule has 25 heavy (non-hydrogen) atoms. The number of hydrogen-bond acceptors (Lipinski definition) is 3. The van der Waals surface area contributed by atoms with Gasteiger partial charge in [0, 0.05) is 31.2 Å². The Morgan fingerprint density at radius 1 is 1.24 bits per heavy atom. The van der Waals surface area contributed by atoms with E-state index < -0.39 is 0 Å². The van der Waals surface area contributed by atoms with Crippen molar-refractivity contribution in [2.45, 2.75) is 52.0 Å². The second kappa shape index (κ2) is 9.09. The minimum atomic E-state index is -0.149. The molecule has 0 bridgehead atoms. The van der Waals surface area contributed by atoms with Gasteiger partial charge in [0.25, 0.3) is 0 Å². The molecule has 1 fully saturated rings. The van der Waals surface area contributed by atoms with Crippen LogP contribution < -0.4 is 15.4 Å². The van der Waals surface area contributed by atoms with Crippen molar-refractivity contribution in [1.82, 2.24) is 10.6 Å². The van der Waals surface area contributed by atoms with Gasteiger partial charge in [0.05, 0.1) is 6.61 Å². The third kappa shape index (κ3) is 6.58. The second-order valence-corrected chi connectivity index (χ2v) is 7.83. The predicted molar refractivity (Wildman–Crippen MR) is 100 cm³/mol. The van der Waals surface area contributed by atoms with Crippen LogP contribution in [0.15, 0.2) is 24.3 Å². The average Bonchev–Trinajstić information content (AvgIpc) is 2.59. The molecule has 0 saturated carbocycles. The summed E-state index contributed by atoms with van der Waals surface area (Å²) in [4.78, 5) is 12.1. The van der Waals surface area contributed by atoms with E-state index in [1.54, 1.807) is 0 Å². The van der Waals surface area contributed by atoms with E-state index in [2.05, 4.69) is 50.5 Å². The van der Waals surface area contributed by atoms with Crippen molar-refractivity contribution in [2.75, 3.05) is 26.4 Å². The lowest BCUT2D eigenvalue weighted by atomic mass is 9.84. The number of hydrogen-bond donors (Lipinski definition) is 2. The van der Waals surface area contributed by atoms with Crippen molar-refractivity contribution in [2.24, 2.45) is 5.92 Å². The molecule has 0 spiro atoms. The largest absolute Gasteiger partial charge is 0.493 e. The van der Waals surface area contributed by atoms with Crippen LogP contribution in [0.25, 0.3) is 0 Å². The molecule has 5 heteroatoms. The molecular formula is C20H32N2O3. The molecule has 2 rings (SSSR count). The van der Waals surface area contributed by atoms with Gasteiger partial charge in [-0.3, -0.25) is 0 Å². The maximum Gasteiger partial charge on any atom is 0.315 e. The van der Waals surface area contributed by atoms with Gasteiger partial charge in [-0.15, -0.1) is 0 Å². The summed E-state index contributed by atoms with van der Waals surface area (Å²) in [6.45, 7) is 11.3. The summed E-state index contributed by atoms with van der Waals surface area (Å²) in [6.07, 6.45) is 1.77. The molecule has 5 nitrogen and oxygen atoms in total. The smallest absolute Gasteiger partial charge is 0.315 e. The highest BCUT2D eigenvalue weighted by Crippen LogP contribution is 2.25. The maximum absolute atomic E-state index is 12.1. The molecule has 1 aliphatic heterocycles. The molecule has 140 valence electrons. The zero-order chi connectivity index (χ0) is 18.3. The topological polar surface area (TPSA) is 59.6 Å². The molecule has 1 saturated heterocycles. The van der Waals surface area contributed by atoms with Crippen LogP contribution in [0.5, 0.6) is 5.75 Å². The van der Waals surface area contributed by atoms with Crippen LogP contribution >= 0.6 is 0 Å².